The lowest BCUT2D eigenvalue weighted by atomic mass is 10.2. The normalized spacial score (nSPS) is 15.3. The molecule has 0 spiro atoms. The van der Waals surface area contributed by atoms with Crippen molar-refractivity contribution in [2.75, 3.05) is 27.3 Å². The second-order valence-corrected chi connectivity index (χ2v) is 3.27. The molecule has 0 heterocycles. The van der Waals surface area contributed by atoms with Gasteiger partial charge < -0.3 is 9.84 Å². The number of nitrogens with one attached hydrogen (secondary N) is 1. The van der Waals surface area contributed by atoms with E-state index in [9.17, 15) is 4.79 Å². The Balaban J connectivity index is 4.24. The zero-order chi connectivity index (χ0) is 11.1. The first-order valence-corrected chi connectivity index (χ1v) is 4.40. The fraction of sp³-hybridized carbons (Fsp3) is 0.875. The SMILES string of the molecule is COCC(C(=O)NN)N(C)CC(C)O. The highest BCUT2D eigenvalue weighted by molar-refractivity contribution is 5.81. The third-order valence-electron chi connectivity index (χ3n) is 1.85. The summed E-state index contributed by atoms with van der Waals surface area (Å²) in [5.41, 5.74) is 2.06. The summed E-state index contributed by atoms with van der Waals surface area (Å²) >= 11 is 0. The van der Waals surface area contributed by atoms with Crippen LogP contribution in [-0.2, 0) is 9.53 Å². The summed E-state index contributed by atoms with van der Waals surface area (Å²) in [5.74, 6) is 4.70. The van der Waals surface area contributed by atoms with E-state index in [1.54, 1.807) is 18.9 Å². The number of amides is 1. The molecule has 0 aliphatic heterocycles. The highest BCUT2D eigenvalue weighted by atomic mass is 16.5. The summed E-state index contributed by atoms with van der Waals surface area (Å²) in [7, 11) is 3.23. The molecule has 0 radical (unpaired) electrons. The molecular formula is C8H19N3O3. The molecule has 0 aliphatic rings. The van der Waals surface area contributed by atoms with Crippen LogP contribution < -0.4 is 11.3 Å². The molecule has 0 fully saturated rings. The van der Waals surface area contributed by atoms with Crippen LogP contribution in [0.1, 0.15) is 6.92 Å². The molecule has 4 N–H and O–H groups in total. The summed E-state index contributed by atoms with van der Waals surface area (Å²) in [6.07, 6.45) is -0.495. The van der Waals surface area contributed by atoms with Gasteiger partial charge >= 0.3 is 0 Å². The minimum atomic E-state index is -0.495. The Labute approximate surface area is 84.0 Å². The van der Waals surface area contributed by atoms with Crippen LogP contribution in [0.5, 0.6) is 0 Å². The lowest BCUT2D eigenvalue weighted by molar-refractivity contribution is -0.128. The molecule has 0 aliphatic carbocycles. The van der Waals surface area contributed by atoms with Crippen LogP contribution in [0, 0.1) is 0 Å². The Kier molecular flexibility index (Phi) is 6.39. The van der Waals surface area contributed by atoms with Gasteiger partial charge in [0.1, 0.15) is 6.04 Å². The molecule has 1 amide bonds. The molecule has 6 heteroatoms. The minimum Gasteiger partial charge on any atom is -0.392 e. The van der Waals surface area contributed by atoms with Gasteiger partial charge in [0.25, 0.3) is 5.91 Å². The Bertz CT molecular complexity index is 175. The smallest absolute Gasteiger partial charge is 0.253 e. The average molecular weight is 205 g/mol. The summed E-state index contributed by atoms with van der Waals surface area (Å²) in [6, 6.07) is -0.473. The summed E-state index contributed by atoms with van der Waals surface area (Å²) in [4.78, 5) is 13.0. The maximum atomic E-state index is 11.3. The predicted octanol–water partition coefficient (Wildman–Crippen LogP) is -1.70. The molecule has 2 atom stereocenters. The van der Waals surface area contributed by atoms with Crippen molar-refractivity contribution in [1.29, 1.82) is 0 Å². The second kappa shape index (κ2) is 6.72. The van der Waals surface area contributed by atoms with E-state index in [1.807, 2.05) is 0 Å². The number of ether oxygens (including phenoxy) is 1. The van der Waals surface area contributed by atoms with Crippen LogP contribution in [0.25, 0.3) is 0 Å². The first-order valence-electron chi connectivity index (χ1n) is 4.40. The zero-order valence-corrected chi connectivity index (χ0v) is 8.86. The Hall–Kier alpha value is -0.690. The number of carbonyl (C=O) groups excluding carboxylic acids is 1. The Morgan fingerprint density at radius 2 is 2.29 bits per heavy atom. The lowest BCUT2D eigenvalue weighted by Gasteiger charge is -2.26. The average Bonchev–Trinajstić information content (AvgIpc) is 2.11. The number of hydrogen-bond donors (Lipinski definition) is 3. The van der Waals surface area contributed by atoms with Crippen molar-refractivity contribution < 1.29 is 14.6 Å². The maximum absolute atomic E-state index is 11.3. The summed E-state index contributed by atoms with van der Waals surface area (Å²) in [5, 5.41) is 9.15. The third-order valence-corrected chi connectivity index (χ3v) is 1.85. The fourth-order valence-corrected chi connectivity index (χ4v) is 1.20. The highest BCUT2D eigenvalue weighted by Gasteiger charge is 2.22. The second-order valence-electron chi connectivity index (χ2n) is 3.27. The Morgan fingerprint density at radius 3 is 2.64 bits per heavy atom. The van der Waals surface area contributed by atoms with E-state index < -0.39 is 12.1 Å². The van der Waals surface area contributed by atoms with Gasteiger partial charge in [-0.2, -0.15) is 0 Å². The molecule has 6 nitrogen and oxygen atoms in total. The monoisotopic (exact) mass is 205 g/mol. The zero-order valence-electron chi connectivity index (χ0n) is 8.86. The van der Waals surface area contributed by atoms with Gasteiger partial charge in [0.05, 0.1) is 12.7 Å². The number of carbonyl (C=O) groups is 1. The van der Waals surface area contributed by atoms with Crippen molar-refractivity contribution in [3.8, 4) is 0 Å². The van der Waals surface area contributed by atoms with Gasteiger partial charge in [-0.15, -0.1) is 0 Å². The first kappa shape index (κ1) is 13.3. The number of aliphatic hydroxyl groups is 1. The molecule has 0 aromatic carbocycles. The molecule has 0 saturated carbocycles. The molecule has 0 rings (SSSR count). The van der Waals surface area contributed by atoms with E-state index in [1.165, 1.54) is 7.11 Å². The van der Waals surface area contributed by atoms with Crippen LogP contribution in [0.15, 0.2) is 0 Å². The Morgan fingerprint density at radius 1 is 1.71 bits per heavy atom. The van der Waals surface area contributed by atoms with Crippen molar-refractivity contribution in [1.82, 2.24) is 10.3 Å². The number of methoxy groups -OCH3 is 1. The van der Waals surface area contributed by atoms with Gasteiger partial charge in [-0.05, 0) is 14.0 Å². The minimum absolute atomic E-state index is 0.242. The molecule has 0 bridgehead atoms. The number of nitrogens with zero attached hydrogens (tertiary/aromatic N) is 1. The molecule has 84 valence electrons. The van der Waals surface area contributed by atoms with Gasteiger partial charge in [0, 0.05) is 13.7 Å². The van der Waals surface area contributed by atoms with Gasteiger partial charge in [-0.25, -0.2) is 5.84 Å². The standard InChI is InChI=1S/C8H19N3O3/c1-6(12)4-11(2)7(5-14-3)8(13)10-9/h6-7,12H,4-5,9H2,1-3H3,(H,10,13). The van der Waals surface area contributed by atoms with Gasteiger partial charge in [0.15, 0.2) is 0 Å². The molecule has 0 aromatic rings. The summed E-state index contributed by atoms with van der Waals surface area (Å²) < 4.78 is 4.89. The molecule has 2 unspecified atom stereocenters. The summed E-state index contributed by atoms with van der Waals surface area (Å²) in [6.45, 7) is 2.29. The van der Waals surface area contributed by atoms with E-state index >= 15 is 0 Å². The number of nitrogens with two attached hydrogens (primary N) is 1. The highest BCUT2D eigenvalue weighted by Crippen LogP contribution is 1.99. The predicted molar refractivity (Wildman–Crippen MR) is 52.3 cm³/mol. The topological polar surface area (TPSA) is 87.8 Å². The largest absolute Gasteiger partial charge is 0.392 e. The van der Waals surface area contributed by atoms with E-state index in [-0.39, 0.29) is 12.5 Å². The van der Waals surface area contributed by atoms with E-state index in [0.29, 0.717) is 6.54 Å². The lowest BCUT2D eigenvalue weighted by Crippen LogP contribution is -2.51. The van der Waals surface area contributed by atoms with Crippen LogP contribution >= 0.6 is 0 Å². The van der Waals surface area contributed by atoms with Crippen LogP contribution in [0.2, 0.25) is 0 Å². The van der Waals surface area contributed by atoms with Crippen LogP contribution in [0.4, 0.5) is 0 Å². The van der Waals surface area contributed by atoms with Gasteiger partial charge in [-0.3, -0.25) is 15.1 Å². The number of likely N-dealkylation sites (N-methyl/N-ethyl adjacent to an activating group) is 1. The van der Waals surface area contributed by atoms with Gasteiger partial charge in [-0.1, -0.05) is 0 Å². The van der Waals surface area contributed by atoms with E-state index in [4.69, 9.17) is 15.7 Å². The van der Waals surface area contributed by atoms with Crippen molar-refractivity contribution in [2.45, 2.75) is 19.1 Å². The maximum Gasteiger partial charge on any atom is 0.253 e. The third kappa shape index (κ3) is 4.52. The van der Waals surface area contributed by atoms with Crippen LogP contribution in [0.3, 0.4) is 0 Å². The van der Waals surface area contributed by atoms with Crippen molar-refractivity contribution in [3.63, 3.8) is 0 Å². The first-order chi connectivity index (χ1) is 6.52. The number of aliphatic hydroxyl groups excluding tert-OH is 1. The van der Waals surface area contributed by atoms with Gasteiger partial charge in [0.2, 0.25) is 0 Å². The number of hydrogen-bond acceptors (Lipinski definition) is 5. The molecule has 0 saturated heterocycles. The molecule has 0 aromatic heterocycles. The van der Waals surface area contributed by atoms with Crippen LogP contribution in [-0.4, -0.2) is 55.4 Å². The quantitative estimate of drug-likeness (QED) is 0.273. The van der Waals surface area contributed by atoms with Crippen molar-refractivity contribution >= 4 is 5.91 Å². The van der Waals surface area contributed by atoms with E-state index in [0.717, 1.165) is 0 Å². The number of rotatable bonds is 6. The molecular weight excluding hydrogens is 186 g/mol. The van der Waals surface area contributed by atoms with Crippen molar-refractivity contribution in [3.05, 3.63) is 0 Å². The fourth-order valence-electron chi connectivity index (χ4n) is 1.20. The van der Waals surface area contributed by atoms with Crippen molar-refractivity contribution in [2.24, 2.45) is 5.84 Å². The number of hydrazine groups is 1. The van der Waals surface area contributed by atoms with E-state index in [2.05, 4.69) is 5.43 Å². The molecule has 14 heavy (non-hydrogen) atoms.